The first kappa shape index (κ1) is 19.6. The van der Waals surface area contributed by atoms with E-state index in [0.29, 0.717) is 5.69 Å². The van der Waals surface area contributed by atoms with E-state index in [9.17, 15) is 14.0 Å². The van der Waals surface area contributed by atoms with Crippen LogP contribution in [0.25, 0.3) is 0 Å². The van der Waals surface area contributed by atoms with Gasteiger partial charge in [-0.15, -0.1) is 0 Å². The Labute approximate surface area is 156 Å². The average Bonchev–Trinajstić information content (AvgIpc) is 2.64. The maximum Gasteiger partial charge on any atom is 0.329 e. The predicted molar refractivity (Wildman–Crippen MR) is 101 cm³/mol. The van der Waals surface area contributed by atoms with Gasteiger partial charge in [-0.1, -0.05) is 49.7 Å². The fourth-order valence-corrected chi connectivity index (χ4v) is 2.63. The van der Waals surface area contributed by atoms with Crippen LogP contribution in [0, 0.1) is 5.82 Å². The number of hydrogen-bond donors (Lipinski definition) is 2. The number of rotatable bonds is 5. The molecule has 0 atom stereocenters. The summed E-state index contributed by atoms with van der Waals surface area (Å²) in [7, 11) is 0. The Hall–Kier alpha value is -2.73. The molecule has 2 rings (SSSR count). The molecular formula is C19H19ClFN3O2. The van der Waals surface area contributed by atoms with E-state index in [2.05, 4.69) is 15.8 Å². The fourth-order valence-electron chi connectivity index (χ4n) is 2.41. The maximum atomic E-state index is 13.6. The molecule has 0 saturated heterocycles. The van der Waals surface area contributed by atoms with E-state index in [1.54, 1.807) is 0 Å². The molecule has 7 heteroatoms. The zero-order chi connectivity index (χ0) is 19.1. The Morgan fingerprint density at radius 2 is 1.69 bits per heavy atom. The van der Waals surface area contributed by atoms with Crippen molar-refractivity contribution in [3.05, 3.63) is 63.9 Å². The van der Waals surface area contributed by atoms with Crippen LogP contribution >= 0.6 is 11.6 Å². The van der Waals surface area contributed by atoms with Gasteiger partial charge in [0.2, 0.25) is 0 Å². The maximum absolute atomic E-state index is 13.6. The van der Waals surface area contributed by atoms with Gasteiger partial charge in [-0.05, 0) is 36.1 Å². The first-order chi connectivity index (χ1) is 12.5. The van der Waals surface area contributed by atoms with E-state index < -0.39 is 17.6 Å². The summed E-state index contributed by atoms with van der Waals surface area (Å²) < 4.78 is 13.6. The summed E-state index contributed by atoms with van der Waals surface area (Å²) in [6, 6.07) is 9.87. The van der Waals surface area contributed by atoms with Gasteiger partial charge < -0.3 is 5.32 Å². The zero-order valence-electron chi connectivity index (χ0n) is 14.5. The molecule has 0 spiro atoms. The third kappa shape index (κ3) is 4.67. The SMILES string of the molecule is CCc1cccc(CC)c1NC(=O)C(=O)NN=Cc1c(F)cccc1Cl. The van der Waals surface area contributed by atoms with Gasteiger partial charge in [0.25, 0.3) is 0 Å². The molecule has 0 aliphatic heterocycles. The summed E-state index contributed by atoms with van der Waals surface area (Å²) in [6.45, 7) is 3.93. The Bertz CT molecular complexity index is 810. The van der Waals surface area contributed by atoms with E-state index in [-0.39, 0.29) is 10.6 Å². The molecule has 0 aromatic heterocycles. The lowest BCUT2D eigenvalue weighted by molar-refractivity contribution is -0.136. The number of carbonyl (C=O) groups excluding carboxylic acids is 2. The monoisotopic (exact) mass is 375 g/mol. The van der Waals surface area contributed by atoms with Crippen LogP contribution in [0.4, 0.5) is 10.1 Å². The van der Waals surface area contributed by atoms with E-state index >= 15 is 0 Å². The molecule has 0 aliphatic carbocycles. The highest BCUT2D eigenvalue weighted by Crippen LogP contribution is 2.22. The molecule has 0 radical (unpaired) electrons. The number of nitrogens with one attached hydrogen (secondary N) is 2. The first-order valence-corrected chi connectivity index (χ1v) is 8.54. The Morgan fingerprint density at radius 3 is 2.27 bits per heavy atom. The quantitative estimate of drug-likeness (QED) is 0.475. The van der Waals surface area contributed by atoms with Gasteiger partial charge in [0.15, 0.2) is 0 Å². The van der Waals surface area contributed by atoms with Crippen LogP contribution in [-0.4, -0.2) is 18.0 Å². The number of aryl methyl sites for hydroxylation is 2. The van der Waals surface area contributed by atoms with Gasteiger partial charge in [-0.3, -0.25) is 9.59 Å². The minimum Gasteiger partial charge on any atom is -0.317 e. The average molecular weight is 376 g/mol. The van der Waals surface area contributed by atoms with Gasteiger partial charge >= 0.3 is 11.8 Å². The van der Waals surface area contributed by atoms with Gasteiger partial charge in [-0.25, -0.2) is 9.82 Å². The molecule has 0 unspecified atom stereocenters. The molecule has 0 aliphatic rings. The second-order valence-electron chi connectivity index (χ2n) is 5.45. The molecule has 2 amide bonds. The van der Waals surface area contributed by atoms with Crippen molar-refractivity contribution in [1.82, 2.24) is 5.43 Å². The molecule has 26 heavy (non-hydrogen) atoms. The third-order valence-electron chi connectivity index (χ3n) is 3.80. The number of hydrogen-bond acceptors (Lipinski definition) is 3. The number of anilines is 1. The number of nitrogens with zero attached hydrogens (tertiary/aromatic N) is 1. The predicted octanol–water partition coefficient (Wildman–Crippen LogP) is 3.69. The van der Waals surface area contributed by atoms with Crippen LogP contribution in [-0.2, 0) is 22.4 Å². The lowest BCUT2D eigenvalue weighted by Gasteiger charge is -2.13. The van der Waals surface area contributed by atoms with Crippen LogP contribution in [0.5, 0.6) is 0 Å². The topological polar surface area (TPSA) is 70.6 Å². The van der Waals surface area contributed by atoms with Crippen molar-refractivity contribution in [2.75, 3.05) is 5.32 Å². The van der Waals surface area contributed by atoms with E-state index in [0.717, 1.165) is 30.2 Å². The highest BCUT2D eigenvalue weighted by Gasteiger charge is 2.16. The molecule has 2 aromatic carbocycles. The highest BCUT2D eigenvalue weighted by molar-refractivity contribution is 6.39. The van der Waals surface area contributed by atoms with Crippen LogP contribution in [0.15, 0.2) is 41.5 Å². The molecule has 0 saturated carbocycles. The normalized spacial score (nSPS) is 10.8. The van der Waals surface area contributed by atoms with E-state index in [1.165, 1.54) is 18.2 Å². The van der Waals surface area contributed by atoms with Gasteiger partial charge in [-0.2, -0.15) is 5.10 Å². The Balaban J connectivity index is 2.07. The van der Waals surface area contributed by atoms with E-state index in [1.807, 2.05) is 32.0 Å². The minimum atomic E-state index is -0.957. The number of carbonyl (C=O) groups is 2. The largest absolute Gasteiger partial charge is 0.329 e. The molecule has 2 aromatic rings. The third-order valence-corrected chi connectivity index (χ3v) is 4.13. The number of hydrazone groups is 1. The lowest BCUT2D eigenvalue weighted by Crippen LogP contribution is -2.33. The minimum absolute atomic E-state index is 0.0273. The summed E-state index contributed by atoms with van der Waals surface area (Å²) in [5.74, 6) is -2.39. The van der Waals surface area contributed by atoms with E-state index in [4.69, 9.17) is 11.6 Å². The Morgan fingerprint density at radius 1 is 1.08 bits per heavy atom. The van der Waals surface area contributed by atoms with Crippen molar-refractivity contribution in [1.29, 1.82) is 0 Å². The molecule has 136 valence electrons. The molecule has 5 nitrogen and oxygen atoms in total. The summed E-state index contributed by atoms with van der Waals surface area (Å²) in [6.07, 6.45) is 2.49. The molecule has 0 bridgehead atoms. The van der Waals surface area contributed by atoms with Crippen molar-refractivity contribution in [3.63, 3.8) is 0 Å². The van der Waals surface area contributed by atoms with Crippen LogP contribution in [0.1, 0.15) is 30.5 Å². The number of para-hydroxylation sites is 1. The van der Waals surface area contributed by atoms with Crippen molar-refractivity contribution in [3.8, 4) is 0 Å². The summed E-state index contributed by atoms with van der Waals surface area (Å²) in [4.78, 5) is 24.1. The number of benzene rings is 2. The van der Waals surface area contributed by atoms with Crippen molar-refractivity contribution in [2.24, 2.45) is 5.10 Å². The standard InChI is InChI=1S/C19H19ClFN3O2/c1-3-12-7-5-8-13(4-2)17(12)23-18(25)19(26)24-22-11-14-15(20)9-6-10-16(14)21/h5-11H,3-4H2,1-2H3,(H,23,25)(H,24,26). The summed E-state index contributed by atoms with van der Waals surface area (Å²) >= 11 is 5.86. The molecule has 2 N–H and O–H groups in total. The highest BCUT2D eigenvalue weighted by atomic mass is 35.5. The van der Waals surface area contributed by atoms with Crippen LogP contribution < -0.4 is 10.7 Å². The fraction of sp³-hybridized carbons (Fsp3) is 0.211. The zero-order valence-corrected chi connectivity index (χ0v) is 15.2. The molecular weight excluding hydrogens is 357 g/mol. The number of halogens is 2. The van der Waals surface area contributed by atoms with Gasteiger partial charge in [0.1, 0.15) is 5.82 Å². The van der Waals surface area contributed by atoms with Crippen molar-refractivity contribution < 1.29 is 14.0 Å². The lowest BCUT2D eigenvalue weighted by atomic mass is 10.0. The Kier molecular flexibility index (Phi) is 6.86. The van der Waals surface area contributed by atoms with Gasteiger partial charge in [0.05, 0.1) is 11.2 Å². The van der Waals surface area contributed by atoms with Crippen LogP contribution in [0.3, 0.4) is 0 Å². The summed E-state index contributed by atoms with van der Waals surface area (Å²) in [5.41, 5.74) is 4.61. The summed E-state index contributed by atoms with van der Waals surface area (Å²) in [5, 5.41) is 6.38. The van der Waals surface area contributed by atoms with Crippen molar-refractivity contribution in [2.45, 2.75) is 26.7 Å². The smallest absolute Gasteiger partial charge is 0.317 e. The van der Waals surface area contributed by atoms with Crippen LogP contribution in [0.2, 0.25) is 5.02 Å². The first-order valence-electron chi connectivity index (χ1n) is 8.17. The molecule has 0 fully saturated rings. The molecule has 0 heterocycles. The second-order valence-corrected chi connectivity index (χ2v) is 5.85. The second kappa shape index (κ2) is 9.10. The number of amides is 2. The van der Waals surface area contributed by atoms with Crippen molar-refractivity contribution >= 4 is 35.3 Å². The van der Waals surface area contributed by atoms with Gasteiger partial charge in [0, 0.05) is 11.3 Å².